The van der Waals surface area contributed by atoms with Crippen molar-refractivity contribution in [3.8, 4) is 5.75 Å². The molecule has 1 aromatic rings. The van der Waals surface area contributed by atoms with E-state index in [2.05, 4.69) is 4.74 Å². The molecule has 0 N–H and O–H groups in total. The van der Waals surface area contributed by atoms with Gasteiger partial charge in [0.1, 0.15) is 5.75 Å². The molecule has 1 aromatic carbocycles. The van der Waals surface area contributed by atoms with Crippen LogP contribution in [0.1, 0.15) is 12.0 Å². The molecule has 0 aliphatic heterocycles. The molecule has 1 nitrogen and oxygen atoms in total. The van der Waals surface area contributed by atoms with E-state index in [1.54, 1.807) is 0 Å². The maximum Gasteiger partial charge on any atom is 0.267 e. The molecule has 0 aliphatic carbocycles. The molecule has 0 radical (unpaired) electrons. The number of alkyl halides is 2. The average Bonchev–Trinajstić information content (AvgIpc) is 2.08. The fourth-order valence-electron chi connectivity index (χ4n) is 0.891. The number of ether oxygens (including phenoxy) is 1. The van der Waals surface area contributed by atoms with Gasteiger partial charge >= 0.3 is 0 Å². The van der Waals surface area contributed by atoms with Crippen LogP contribution in [0.2, 0.25) is 0 Å². The van der Waals surface area contributed by atoms with Crippen molar-refractivity contribution in [2.75, 3.05) is 7.11 Å². The lowest BCUT2D eigenvalue weighted by Gasteiger charge is -2.07. The molecule has 0 spiro atoms. The third-order valence-corrected chi connectivity index (χ3v) is 1.51. The van der Waals surface area contributed by atoms with E-state index >= 15 is 0 Å². The van der Waals surface area contributed by atoms with Gasteiger partial charge in [-0.05, 0) is 6.07 Å². The molecule has 0 fully saturated rings. The van der Waals surface area contributed by atoms with E-state index in [4.69, 9.17) is 0 Å². The number of hydrogen-bond acceptors (Lipinski definition) is 1. The summed E-state index contributed by atoms with van der Waals surface area (Å²) < 4.78 is 53.8. The highest BCUT2D eigenvalue weighted by Crippen LogP contribution is 2.30. The Hall–Kier alpha value is -1.26. The Balaban J connectivity index is 3.25. The van der Waals surface area contributed by atoms with Crippen molar-refractivity contribution < 1.29 is 22.3 Å². The highest BCUT2D eigenvalue weighted by atomic mass is 19.3. The van der Waals surface area contributed by atoms with Crippen LogP contribution < -0.4 is 4.74 Å². The predicted octanol–water partition coefficient (Wildman–Crippen LogP) is 2.91. The van der Waals surface area contributed by atoms with Crippen LogP contribution in [0.25, 0.3) is 0 Å². The predicted molar refractivity (Wildman–Crippen MR) is 37.9 cm³/mol. The summed E-state index contributed by atoms with van der Waals surface area (Å²) >= 11 is 0. The van der Waals surface area contributed by atoms with E-state index in [1.165, 1.54) is 0 Å². The number of methoxy groups -OCH3 is 1. The SMILES string of the molecule is COc1cc(F)c(F)cc1C(F)F. The van der Waals surface area contributed by atoms with Gasteiger partial charge in [-0.25, -0.2) is 17.6 Å². The van der Waals surface area contributed by atoms with Gasteiger partial charge in [-0.2, -0.15) is 0 Å². The van der Waals surface area contributed by atoms with Gasteiger partial charge in [0, 0.05) is 6.07 Å². The second-order valence-electron chi connectivity index (χ2n) is 2.31. The highest BCUT2D eigenvalue weighted by molar-refractivity contribution is 5.35. The molecule has 5 heteroatoms. The highest BCUT2D eigenvalue weighted by Gasteiger charge is 2.17. The van der Waals surface area contributed by atoms with Crippen LogP contribution in [0.4, 0.5) is 17.6 Å². The first-order chi connectivity index (χ1) is 6.06. The lowest BCUT2D eigenvalue weighted by molar-refractivity contribution is 0.146. The first-order valence-corrected chi connectivity index (χ1v) is 3.37. The van der Waals surface area contributed by atoms with E-state index in [0.29, 0.717) is 12.1 Å². The zero-order valence-corrected chi connectivity index (χ0v) is 6.65. The monoisotopic (exact) mass is 194 g/mol. The molecule has 0 amide bonds. The van der Waals surface area contributed by atoms with Crippen molar-refractivity contribution >= 4 is 0 Å². The quantitative estimate of drug-likeness (QED) is 0.657. The molecule has 0 aromatic heterocycles. The maximum absolute atomic E-state index is 12.5. The molecular formula is C8H6F4O. The maximum atomic E-state index is 12.5. The summed E-state index contributed by atoms with van der Waals surface area (Å²) in [6.07, 6.45) is -2.88. The fraction of sp³-hybridized carbons (Fsp3) is 0.250. The van der Waals surface area contributed by atoms with E-state index in [9.17, 15) is 17.6 Å². The van der Waals surface area contributed by atoms with E-state index in [-0.39, 0.29) is 5.75 Å². The Morgan fingerprint density at radius 2 is 1.69 bits per heavy atom. The minimum atomic E-state index is -2.88. The van der Waals surface area contributed by atoms with Crippen LogP contribution in [0.15, 0.2) is 12.1 Å². The molecule has 13 heavy (non-hydrogen) atoms. The summed E-state index contributed by atoms with van der Waals surface area (Å²) in [7, 11) is 1.11. The largest absolute Gasteiger partial charge is 0.496 e. The van der Waals surface area contributed by atoms with Crippen LogP contribution in [0, 0.1) is 11.6 Å². The summed E-state index contributed by atoms with van der Waals surface area (Å²) in [6.45, 7) is 0. The lowest BCUT2D eigenvalue weighted by Crippen LogP contribution is -1.96. The number of rotatable bonds is 2. The van der Waals surface area contributed by atoms with Gasteiger partial charge in [0.15, 0.2) is 11.6 Å². The molecule has 0 bridgehead atoms. The minimum absolute atomic E-state index is 0.353. The van der Waals surface area contributed by atoms with Crippen LogP contribution in [-0.4, -0.2) is 7.11 Å². The van der Waals surface area contributed by atoms with Gasteiger partial charge in [-0.15, -0.1) is 0 Å². The van der Waals surface area contributed by atoms with Crippen molar-refractivity contribution in [1.29, 1.82) is 0 Å². The summed E-state index contributed by atoms with van der Waals surface area (Å²) in [4.78, 5) is 0. The standard InChI is InChI=1S/C8H6F4O/c1-13-7-3-6(10)5(9)2-4(7)8(11)12/h2-3,8H,1H3. The van der Waals surface area contributed by atoms with Crippen LogP contribution >= 0.6 is 0 Å². The molecule has 0 unspecified atom stereocenters. The van der Waals surface area contributed by atoms with Gasteiger partial charge in [0.25, 0.3) is 6.43 Å². The Kier molecular flexibility index (Phi) is 2.75. The summed E-state index contributed by atoms with van der Waals surface area (Å²) in [6, 6.07) is 1.02. The fourth-order valence-corrected chi connectivity index (χ4v) is 0.891. The number of hydrogen-bond donors (Lipinski definition) is 0. The smallest absolute Gasteiger partial charge is 0.267 e. The summed E-state index contributed by atoms with van der Waals surface area (Å²) in [5.41, 5.74) is -0.651. The van der Waals surface area contributed by atoms with Gasteiger partial charge in [0.05, 0.1) is 12.7 Å². The van der Waals surface area contributed by atoms with Crippen LogP contribution in [0.5, 0.6) is 5.75 Å². The normalized spacial score (nSPS) is 10.6. The third kappa shape index (κ3) is 1.91. The molecule has 0 atom stereocenters. The van der Waals surface area contributed by atoms with Gasteiger partial charge < -0.3 is 4.74 Å². The van der Waals surface area contributed by atoms with Crippen molar-refractivity contribution in [3.63, 3.8) is 0 Å². The van der Waals surface area contributed by atoms with Gasteiger partial charge in [0.2, 0.25) is 0 Å². The Bertz CT molecular complexity index is 311. The van der Waals surface area contributed by atoms with Crippen molar-refractivity contribution in [2.24, 2.45) is 0 Å². The minimum Gasteiger partial charge on any atom is -0.496 e. The zero-order valence-electron chi connectivity index (χ0n) is 6.65. The van der Waals surface area contributed by atoms with E-state index in [0.717, 1.165) is 7.11 Å². The number of halogens is 4. The Labute approximate surface area is 71.9 Å². The third-order valence-electron chi connectivity index (χ3n) is 1.51. The molecular weight excluding hydrogens is 188 g/mol. The molecule has 0 saturated heterocycles. The van der Waals surface area contributed by atoms with Gasteiger partial charge in [-0.3, -0.25) is 0 Å². The molecule has 0 aliphatic rings. The Morgan fingerprint density at radius 1 is 1.15 bits per heavy atom. The van der Waals surface area contributed by atoms with Crippen molar-refractivity contribution in [3.05, 3.63) is 29.3 Å². The first kappa shape index (κ1) is 9.83. The van der Waals surface area contributed by atoms with E-state index in [1.807, 2.05) is 0 Å². The zero-order chi connectivity index (χ0) is 10.0. The molecule has 0 saturated carbocycles. The van der Waals surface area contributed by atoms with Crippen molar-refractivity contribution in [2.45, 2.75) is 6.43 Å². The second kappa shape index (κ2) is 3.64. The van der Waals surface area contributed by atoms with Crippen molar-refractivity contribution in [1.82, 2.24) is 0 Å². The summed E-state index contributed by atoms with van der Waals surface area (Å²) in [5.74, 6) is -2.87. The molecule has 72 valence electrons. The van der Waals surface area contributed by atoms with Crippen LogP contribution in [-0.2, 0) is 0 Å². The molecule has 0 heterocycles. The van der Waals surface area contributed by atoms with Crippen LogP contribution in [0.3, 0.4) is 0 Å². The lowest BCUT2D eigenvalue weighted by atomic mass is 10.2. The molecule has 1 rings (SSSR count). The average molecular weight is 194 g/mol. The second-order valence-corrected chi connectivity index (χ2v) is 2.31. The first-order valence-electron chi connectivity index (χ1n) is 3.37. The Morgan fingerprint density at radius 3 is 2.15 bits per heavy atom. The number of benzene rings is 1. The topological polar surface area (TPSA) is 9.23 Å². The van der Waals surface area contributed by atoms with Gasteiger partial charge in [-0.1, -0.05) is 0 Å². The van der Waals surface area contributed by atoms with E-state index < -0.39 is 23.6 Å². The summed E-state index contributed by atoms with van der Waals surface area (Å²) in [5, 5.41) is 0.